The van der Waals surface area contributed by atoms with Gasteiger partial charge in [-0.25, -0.2) is 18.2 Å². The van der Waals surface area contributed by atoms with Crippen molar-refractivity contribution in [2.45, 2.75) is 18.7 Å². The maximum atomic E-state index is 12.9. The number of benzene rings is 1. The van der Waals surface area contributed by atoms with Crippen LogP contribution in [0.25, 0.3) is 0 Å². The van der Waals surface area contributed by atoms with Crippen LogP contribution in [0, 0.1) is 17.0 Å². The highest BCUT2D eigenvalue weighted by molar-refractivity contribution is 7.89. The number of hydrogen-bond acceptors (Lipinski definition) is 8. The number of rotatable bonds is 6. The number of ether oxygens (including phenoxy) is 1. The summed E-state index contributed by atoms with van der Waals surface area (Å²) in [5, 5.41) is 10.9. The van der Waals surface area contributed by atoms with E-state index in [0.29, 0.717) is 30.0 Å². The van der Waals surface area contributed by atoms with Crippen LogP contribution in [0.1, 0.15) is 22.8 Å². The number of sulfonamides is 1. The Morgan fingerprint density at radius 2 is 1.83 bits per heavy atom. The summed E-state index contributed by atoms with van der Waals surface area (Å²) in [7, 11) is -3.71. The zero-order valence-electron chi connectivity index (χ0n) is 16.6. The van der Waals surface area contributed by atoms with E-state index in [2.05, 4.69) is 4.98 Å². The van der Waals surface area contributed by atoms with Gasteiger partial charge < -0.3 is 9.64 Å². The van der Waals surface area contributed by atoms with E-state index < -0.39 is 20.9 Å². The van der Waals surface area contributed by atoms with Crippen LogP contribution in [0.2, 0.25) is 0 Å². The second-order valence-electron chi connectivity index (χ2n) is 6.73. The molecule has 0 spiro atoms. The van der Waals surface area contributed by atoms with Gasteiger partial charge in [0.2, 0.25) is 10.0 Å². The molecule has 3 rings (SSSR count). The van der Waals surface area contributed by atoms with Crippen molar-refractivity contribution in [2.75, 3.05) is 37.7 Å². The normalized spacial score (nSPS) is 15.1. The Hall–Kier alpha value is -3.05. The third-order valence-electron chi connectivity index (χ3n) is 4.79. The molecule has 1 aliphatic rings. The molecule has 160 valence electrons. The fourth-order valence-corrected chi connectivity index (χ4v) is 4.67. The summed E-state index contributed by atoms with van der Waals surface area (Å²) in [6.07, 6.45) is 1.20. The molecule has 0 unspecified atom stereocenters. The van der Waals surface area contributed by atoms with Crippen LogP contribution in [-0.2, 0) is 14.8 Å². The predicted molar refractivity (Wildman–Crippen MR) is 109 cm³/mol. The third-order valence-corrected chi connectivity index (χ3v) is 6.70. The SMILES string of the molecule is CCOC(=O)c1ccc(S(=O)(=O)N2CCN(c3ncc([N+](=O)[O-])cc3C)CC2)cc1. The van der Waals surface area contributed by atoms with Crippen molar-refractivity contribution in [3.05, 3.63) is 57.8 Å². The topological polar surface area (TPSA) is 123 Å². The molecule has 0 bridgehead atoms. The van der Waals surface area contributed by atoms with Gasteiger partial charge in [0, 0.05) is 32.2 Å². The molecule has 2 heterocycles. The molecule has 1 saturated heterocycles. The average Bonchev–Trinajstić information content (AvgIpc) is 2.74. The first kappa shape index (κ1) is 21.7. The fourth-order valence-electron chi connectivity index (χ4n) is 3.25. The largest absolute Gasteiger partial charge is 0.462 e. The molecule has 11 heteroatoms. The maximum Gasteiger partial charge on any atom is 0.338 e. The lowest BCUT2D eigenvalue weighted by atomic mass is 10.2. The number of aryl methyl sites for hydroxylation is 1. The van der Waals surface area contributed by atoms with E-state index in [1.54, 1.807) is 13.8 Å². The van der Waals surface area contributed by atoms with E-state index in [-0.39, 0.29) is 30.3 Å². The van der Waals surface area contributed by atoms with Crippen molar-refractivity contribution in [1.29, 1.82) is 0 Å². The number of aromatic nitrogens is 1. The molecule has 30 heavy (non-hydrogen) atoms. The zero-order valence-corrected chi connectivity index (χ0v) is 17.5. The minimum absolute atomic E-state index is 0.0799. The van der Waals surface area contributed by atoms with E-state index in [1.165, 1.54) is 40.8 Å². The first-order valence-corrected chi connectivity index (χ1v) is 10.8. The highest BCUT2D eigenvalue weighted by Crippen LogP contribution is 2.24. The molecule has 1 aromatic heterocycles. The van der Waals surface area contributed by atoms with Gasteiger partial charge in [-0.1, -0.05) is 0 Å². The fraction of sp³-hybridized carbons (Fsp3) is 0.368. The van der Waals surface area contributed by atoms with Gasteiger partial charge in [-0.3, -0.25) is 10.1 Å². The van der Waals surface area contributed by atoms with Gasteiger partial charge in [0.1, 0.15) is 12.0 Å². The Morgan fingerprint density at radius 3 is 2.37 bits per heavy atom. The Morgan fingerprint density at radius 1 is 1.20 bits per heavy atom. The number of carbonyl (C=O) groups is 1. The van der Waals surface area contributed by atoms with Crippen LogP contribution in [0.5, 0.6) is 0 Å². The van der Waals surface area contributed by atoms with Crippen molar-refractivity contribution < 1.29 is 22.9 Å². The number of nitro groups is 1. The van der Waals surface area contributed by atoms with Gasteiger partial charge in [0.05, 0.1) is 22.0 Å². The number of piperazine rings is 1. The van der Waals surface area contributed by atoms with E-state index in [4.69, 9.17) is 4.74 Å². The summed E-state index contributed by atoms with van der Waals surface area (Å²) in [6, 6.07) is 7.12. The van der Waals surface area contributed by atoms with Crippen LogP contribution in [-0.4, -0.2) is 61.4 Å². The number of carbonyl (C=O) groups excluding carboxylic acids is 1. The maximum absolute atomic E-state index is 12.9. The predicted octanol–water partition coefficient (Wildman–Crippen LogP) is 1.99. The summed E-state index contributed by atoms with van der Waals surface area (Å²) in [6.45, 7) is 5.00. The second kappa shape index (κ2) is 8.76. The Labute approximate surface area is 174 Å². The molecule has 10 nitrogen and oxygen atoms in total. The highest BCUT2D eigenvalue weighted by Gasteiger charge is 2.29. The van der Waals surface area contributed by atoms with Gasteiger partial charge in [0.15, 0.2) is 0 Å². The van der Waals surface area contributed by atoms with Crippen LogP contribution in [0.4, 0.5) is 11.5 Å². The average molecular weight is 434 g/mol. The van der Waals surface area contributed by atoms with Gasteiger partial charge in [0.25, 0.3) is 5.69 Å². The molecule has 0 N–H and O–H groups in total. The first-order valence-electron chi connectivity index (χ1n) is 9.37. The van der Waals surface area contributed by atoms with Crippen molar-refractivity contribution in [3.8, 4) is 0 Å². The summed E-state index contributed by atoms with van der Waals surface area (Å²) in [4.78, 5) is 28.3. The van der Waals surface area contributed by atoms with Crippen molar-refractivity contribution in [1.82, 2.24) is 9.29 Å². The zero-order chi connectivity index (χ0) is 21.9. The van der Waals surface area contributed by atoms with E-state index >= 15 is 0 Å². The van der Waals surface area contributed by atoms with Crippen LogP contribution in [0.15, 0.2) is 41.4 Å². The van der Waals surface area contributed by atoms with Gasteiger partial charge in [-0.05, 0) is 43.7 Å². The van der Waals surface area contributed by atoms with Crippen LogP contribution in [0.3, 0.4) is 0 Å². The molecular weight excluding hydrogens is 412 g/mol. The monoisotopic (exact) mass is 434 g/mol. The quantitative estimate of drug-likeness (QED) is 0.384. The molecule has 1 aliphatic heterocycles. The summed E-state index contributed by atoms with van der Waals surface area (Å²) in [5.41, 5.74) is 0.874. The lowest BCUT2D eigenvalue weighted by Crippen LogP contribution is -2.49. The number of anilines is 1. The van der Waals surface area contributed by atoms with Crippen LogP contribution < -0.4 is 4.90 Å². The van der Waals surface area contributed by atoms with E-state index in [9.17, 15) is 23.3 Å². The number of nitrogens with zero attached hydrogens (tertiary/aromatic N) is 4. The number of hydrogen-bond donors (Lipinski definition) is 0. The smallest absolute Gasteiger partial charge is 0.338 e. The van der Waals surface area contributed by atoms with Crippen molar-refractivity contribution in [3.63, 3.8) is 0 Å². The molecule has 2 aromatic rings. The molecule has 0 radical (unpaired) electrons. The minimum atomic E-state index is -3.71. The molecule has 0 amide bonds. The second-order valence-corrected chi connectivity index (χ2v) is 8.67. The van der Waals surface area contributed by atoms with Gasteiger partial charge in [-0.15, -0.1) is 0 Å². The minimum Gasteiger partial charge on any atom is -0.462 e. The van der Waals surface area contributed by atoms with Gasteiger partial charge in [-0.2, -0.15) is 4.31 Å². The molecule has 1 fully saturated rings. The molecule has 1 aromatic carbocycles. The van der Waals surface area contributed by atoms with Crippen LogP contribution >= 0.6 is 0 Å². The Kier molecular flexibility index (Phi) is 6.32. The summed E-state index contributed by atoms with van der Waals surface area (Å²) < 4.78 is 32.1. The third kappa shape index (κ3) is 4.41. The van der Waals surface area contributed by atoms with E-state index in [1.807, 2.05) is 4.90 Å². The molecule has 0 saturated carbocycles. The van der Waals surface area contributed by atoms with E-state index in [0.717, 1.165) is 0 Å². The number of esters is 1. The highest BCUT2D eigenvalue weighted by atomic mass is 32.2. The molecule has 0 atom stereocenters. The Bertz CT molecular complexity index is 1050. The van der Waals surface area contributed by atoms with Crippen molar-refractivity contribution in [2.24, 2.45) is 0 Å². The van der Waals surface area contributed by atoms with Crippen molar-refractivity contribution >= 4 is 27.5 Å². The number of pyridine rings is 1. The summed E-state index contributed by atoms with van der Waals surface area (Å²) >= 11 is 0. The molecule has 0 aliphatic carbocycles. The van der Waals surface area contributed by atoms with Gasteiger partial charge >= 0.3 is 5.97 Å². The lowest BCUT2D eigenvalue weighted by molar-refractivity contribution is -0.385. The first-order chi connectivity index (χ1) is 14.2. The molecular formula is C19H22N4O6S. The summed E-state index contributed by atoms with van der Waals surface area (Å²) in [5.74, 6) is 0.109. The lowest BCUT2D eigenvalue weighted by Gasteiger charge is -2.35. The standard InChI is InChI=1S/C19H22N4O6S/c1-3-29-19(24)15-4-6-17(7-5-15)30(27,28)22-10-8-21(9-11-22)18-14(2)12-16(13-20-18)23(25)26/h4-7,12-13H,3,8-11H2,1-2H3. The Balaban J connectivity index is 1.69.